The molecule has 1 aliphatic rings. The molecule has 1 heterocycles. The van der Waals surface area contributed by atoms with E-state index in [1.165, 1.54) is 6.07 Å². The minimum atomic E-state index is -0.120. The molecule has 1 aromatic carbocycles. The predicted octanol–water partition coefficient (Wildman–Crippen LogP) is 2.97. The molecule has 1 saturated heterocycles. The molecular weight excluding hydrogens is 255 g/mol. The Morgan fingerprint density at radius 1 is 1.35 bits per heavy atom. The van der Waals surface area contributed by atoms with Crippen LogP contribution in [0.3, 0.4) is 0 Å². The van der Waals surface area contributed by atoms with Gasteiger partial charge in [0.1, 0.15) is 11.6 Å². The average Bonchev–Trinajstić information content (AvgIpc) is 2.50. The summed E-state index contributed by atoms with van der Waals surface area (Å²) in [7, 11) is 1.63. The zero-order valence-corrected chi connectivity index (χ0v) is 12.5. The van der Waals surface area contributed by atoms with Gasteiger partial charge in [0.15, 0.2) is 0 Å². The van der Waals surface area contributed by atoms with E-state index in [0.717, 1.165) is 56.8 Å². The molecule has 0 amide bonds. The van der Waals surface area contributed by atoms with Gasteiger partial charge in [0.05, 0.1) is 7.11 Å². The van der Waals surface area contributed by atoms with Crippen LogP contribution in [0.4, 0.5) is 4.39 Å². The Morgan fingerprint density at radius 3 is 2.75 bits per heavy atom. The van der Waals surface area contributed by atoms with Crippen LogP contribution in [-0.2, 0) is 0 Å². The van der Waals surface area contributed by atoms with Crippen molar-refractivity contribution in [3.63, 3.8) is 0 Å². The number of hydrogen-bond donors (Lipinski definition) is 1. The Hall–Kier alpha value is -1.13. The minimum Gasteiger partial charge on any atom is -0.497 e. The Kier molecular flexibility index (Phi) is 5.80. The molecule has 0 aromatic heterocycles. The molecule has 1 aromatic rings. The smallest absolute Gasteiger partial charge is 0.128 e. The average molecular weight is 280 g/mol. The van der Waals surface area contributed by atoms with Gasteiger partial charge in [-0.1, -0.05) is 19.8 Å². The summed E-state index contributed by atoms with van der Waals surface area (Å²) in [5.74, 6) is 0.614. The second kappa shape index (κ2) is 7.60. The molecular formula is C16H25FN2O. The molecule has 4 heteroatoms. The van der Waals surface area contributed by atoms with Gasteiger partial charge in [-0.15, -0.1) is 0 Å². The van der Waals surface area contributed by atoms with Gasteiger partial charge in [-0.05, 0) is 24.6 Å². The van der Waals surface area contributed by atoms with E-state index in [1.54, 1.807) is 13.2 Å². The first-order chi connectivity index (χ1) is 9.76. The van der Waals surface area contributed by atoms with Gasteiger partial charge >= 0.3 is 0 Å². The largest absolute Gasteiger partial charge is 0.497 e. The van der Waals surface area contributed by atoms with Crippen molar-refractivity contribution in [2.45, 2.75) is 32.2 Å². The number of hydrogen-bond acceptors (Lipinski definition) is 3. The van der Waals surface area contributed by atoms with Crippen LogP contribution in [0.5, 0.6) is 5.75 Å². The molecule has 1 atom stereocenters. The summed E-state index contributed by atoms with van der Waals surface area (Å²) in [5, 5.41) is 3.35. The van der Waals surface area contributed by atoms with Crippen LogP contribution in [0.1, 0.15) is 37.8 Å². The van der Waals surface area contributed by atoms with Crippen LogP contribution in [0, 0.1) is 5.82 Å². The van der Waals surface area contributed by atoms with Crippen molar-refractivity contribution in [2.24, 2.45) is 0 Å². The maximum Gasteiger partial charge on any atom is 0.128 e. The maximum absolute atomic E-state index is 14.2. The third-order valence-corrected chi connectivity index (χ3v) is 3.99. The van der Waals surface area contributed by atoms with Gasteiger partial charge in [-0.3, -0.25) is 4.90 Å². The predicted molar refractivity (Wildman–Crippen MR) is 79.7 cm³/mol. The lowest BCUT2D eigenvalue weighted by Gasteiger charge is -2.35. The molecule has 1 aliphatic heterocycles. The van der Waals surface area contributed by atoms with E-state index in [1.807, 2.05) is 6.07 Å². The second-order valence-corrected chi connectivity index (χ2v) is 5.33. The monoisotopic (exact) mass is 280 g/mol. The number of benzene rings is 1. The van der Waals surface area contributed by atoms with Crippen molar-refractivity contribution < 1.29 is 9.13 Å². The van der Waals surface area contributed by atoms with E-state index in [-0.39, 0.29) is 11.9 Å². The number of methoxy groups -OCH3 is 1. The highest BCUT2D eigenvalue weighted by molar-refractivity contribution is 5.32. The molecule has 1 fully saturated rings. The Balaban J connectivity index is 2.24. The first-order valence-electron chi connectivity index (χ1n) is 7.54. The first kappa shape index (κ1) is 15.3. The third-order valence-electron chi connectivity index (χ3n) is 3.99. The summed E-state index contributed by atoms with van der Waals surface area (Å²) < 4.78 is 19.5. The van der Waals surface area contributed by atoms with Crippen LogP contribution < -0.4 is 10.1 Å². The fourth-order valence-electron chi connectivity index (χ4n) is 2.83. The van der Waals surface area contributed by atoms with Gasteiger partial charge in [-0.2, -0.15) is 0 Å². The summed E-state index contributed by atoms with van der Waals surface area (Å²) in [6.45, 7) is 6.09. The van der Waals surface area contributed by atoms with Crippen molar-refractivity contribution in [1.29, 1.82) is 0 Å². The van der Waals surface area contributed by atoms with Gasteiger partial charge < -0.3 is 10.1 Å². The number of ether oxygens (including phenoxy) is 1. The standard InChI is InChI=1S/C16H25FN2O/c1-3-4-5-16(19-10-8-18-9-11-19)14-12-13(20-2)6-7-15(14)17/h6-7,12,16,18H,3-5,8-11H2,1-2H3/t16-/m1/s1. The normalized spacial score (nSPS) is 17.9. The third kappa shape index (κ3) is 3.70. The highest BCUT2D eigenvalue weighted by atomic mass is 19.1. The number of nitrogens with one attached hydrogen (secondary N) is 1. The van der Waals surface area contributed by atoms with Crippen molar-refractivity contribution in [3.8, 4) is 5.75 Å². The van der Waals surface area contributed by atoms with Crippen LogP contribution in [0.2, 0.25) is 0 Å². The van der Waals surface area contributed by atoms with E-state index >= 15 is 0 Å². The summed E-state index contributed by atoms with van der Waals surface area (Å²) in [6.07, 6.45) is 3.25. The molecule has 2 rings (SSSR count). The quantitative estimate of drug-likeness (QED) is 0.867. The number of rotatable bonds is 6. The highest BCUT2D eigenvalue weighted by Crippen LogP contribution is 2.31. The van der Waals surface area contributed by atoms with Gasteiger partial charge in [-0.25, -0.2) is 4.39 Å². The molecule has 0 aliphatic carbocycles. The molecule has 112 valence electrons. The van der Waals surface area contributed by atoms with E-state index in [4.69, 9.17) is 4.74 Å². The fraction of sp³-hybridized carbons (Fsp3) is 0.625. The van der Waals surface area contributed by atoms with Crippen LogP contribution >= 0.6 is 0 Å². The zero-order valence-electron chi connectivity index (χ0n) is 12.5. The minimum absolute atomic E-state index is 0.120. The van der Waals surface area contributed by atoms with E-state index in [2.05, 4.69) is 17.1 Å². The van der Waals surface area contributed by atoms with Crippen LogP contribution in [0.25, 0.3) is 0 Å². The van der Waals surface area contributed by atoms with Crippen molar-refractivity contribution in [3.05, 3.63) is 29.6 Å². The van der Waals surface area contributed by atoms with Gasteiger partial charge in [0.25, 0.3) is 0 Å². The molecule has 3 nitrogen and oxygen atoms in total. The lowest BCUT2D eigenvalue weighted by molar-refractivity contribution is 0.160. The maximum atomic E-state index is 14.2. The molecule has 20 heavy (non-hydrogen) atoms. The van der Waals surface area contributed by atoms with Crippen LogP contribution in [-0.4, -0.2) is 38.2 Å². The van der Waals surface area contributed by atoms with E-state index < -0.39 is 0 Å². The SMILES string of the molecule is CCCC[C@H](c1cc(OC)ccc1F)N1CCNCC1. The Morgan fingerprint density at radius 2 is 2.10 bits per heavy atom. The lowest BCUT2D eigenvalue weighted by atomic mass is 9.98. The number of unbranched alkanes of at least 4 members (excludes halogenated alkanes) is 1. The summed E-state index contributed by atoms with van der Waals surface area (Å²) in [4.78, 5) is 2.39. The Bertz CT molecular complexity index is 419. The van der Waals surface area contributed by atoms with Crippen molar-refractivity contribution in [2.75, 3.05) is 33.3 Å². The molecule has 1 N–H and O–H groups in total. The molecule has 0 radical (unpaired) electrons. The van der Waals surface area contributed by atoms with E-state index in [9.17, 15) is 4.39 Å². The van der Waals surface area contributed by atoms with Crippen molar-refractivity contribution >= 4 is 0 Å². The molecule has 0 unspecified atom stereocenters. The second-order valence-electron chi connectivity index (χ2n) is 5.33. The number of piperazine rings is 1. The summed E-state index contributed by atoms with van der Waals surface area (Å²) in [5.41, 5.74) is 0.778. The molecule has 0 bridgehead atoms. The molecule has 0 saturated carbocycles. The molecule has 0 spiro atoms. The van der Waals surface area contributed by atoms with Gasteiger partial charge in [0, 0.05) is 37.8 Å². The summed E-state index contributed by atoms with van der Waals surface area (Å²) in [6, 6.07) is 5.23. The number of halogens is 1. The Labute approximate surface area is 121 Å². The van der Waals surface area contributed by atoms with E-state index in [0.29, 0.717) is 0 Å². The summed E-state index contributed by atoms with van der Waals surface area (Å²) >= 11 is 0. The topological polar surface area (TPSA) is 24.5 Å². The van der Waals surface area contributed by atoms with Crippen LogP contribution in [0.15, 0.2) is 18.2 Å². The lowest BCUT2D eigenvalue weighted by Crippen LogP contribution is -2.45. The number of nitrogens with zero attached hydrogens (tertiary/aromatic N) is 1. The zero-order chi connectivity index (χ0) is 14.4. The van der Waals surface area contributed by atoms with Gasteiger partial charge in [0.2, 0.25) is 0 Å². The highest BCUT2D eigenvalue weighted by Gasteiger charge is 2.24. The van der Waals surface area contributed by atoms with Crippen molar-refractivity contribution in [1.82, 2.24) is 10.2 Å². The fourth-order valence-corrected chi connectivity index (χ4v) is 2.83. The first-order valence-corrected chi connectivity index (χ1v) is 7.54.